The number of aliphatic hydroxyl groups is 3. The van der Waals surface area contributed by atoms with Gasteiger partial charge < -0.3 is 15.3 Å². The van der Waals surface area contributed by atoms with E-state index in [9.17, 15) is 10.2 Å². The third-order valence-corrected chi connectivity index (χ3v) is 6.06. The van der Waals surface area contributed by atoms with Gasteiger partial charge in [-0.3, -0.25) is 0 Å². The lowest BCUT2D eigenvalue weighted by molar-refractivity contribution is 0.0999. The summed E-state index contributed by atoms with van der Waals surface area (Å²) in [4.78, 5) is 0. The van der Waals surface area contributed by atoms with Gasteiger partial charge in [-0.15, -0.1) is 5.10 Å². The van der Waals surface area contributed by atoms with Crippen LogP contribution in [0.25, 0.3) is 0 Å². The Morgan fingerprint density at radius 3 is 1.89 bits per heavy atom. The largest absolute Gasteiger partial charge is 0.396 e. The topological polar surface area (TPSA) is 115 Å². The van der Waals surface area contributed by atoms with E-state index in [0.717, 1.165) is 70.0 Å². The highest BCUT2D eigenvalue weighted by atomic mass is 16.3. The van der Waals surface area contributed by atoms with Gasteiger partial charge in [0, 0.05) is 13.0 Å². The van der Waals surface area contributed by atoms with Gasteiger partial charge in [0.15, 0.2) is 0 Å². The summed E-state index contributed by atoms with van der Waals surface area (Å²) < 4.78 is 0. The van der Waals surface area contributed by atoms with Crippen LogP contribution in [-0.2, 0) is 6.42 Å². The maximum Gasteiger partial charge on any atom is 0.148 e. The number of H-pyrrole nitrogens is 1. The standard InChI is InChI=1S/C20H38N4O3/c25-14-10-6-2-1-3-7-11-16-17(19(27)15-18(16)26)12-8-4-5-9-13-20-21-23-24-22-20/h16-19,25-27H,1-15H2,(H,21,22,23,24)/t16-,17+,18+,19-/m1/s1. The molecule has 0 spiro atoms. The summed E-state index contributed by atoms with van der Waals surface area (Å²) in [6.07, 6.45) is 14.0. The lowest BCUT2D eigenvalue weighted by atomic mass is 9.85. The number of unbranched alkanes of at least 4 members (excludes halogenated alkanes) is 8. The van der Waals surface area contributed by atoms with Crippen molar-refractivity contribution in [3.05, 3.63) is 5.82 Å². The maximum absolute atomic E-state index is 10.3. The van der Waals surface area contributed by atoms with Crippen LogP contribution in [0.1, 0.15) is 89.3 Å². The fourth-order valence-corrected chi connectivity index (χ4v) is 4.49. The molecule has 2 rings (SSSR count). The van der Waals surface area contributed by atoms with Crippen LogP contribution >= 0.6 is 0 Å². The Morgan fingerprint density at radius 1 is 0.778 bits per heavy atom. The average Bonchev–Trinajstić information content (AvgIpc) is 3.26. The fourth-order valence-electron chi connectivity index (χ4n) is 4.49. The second-order valence-corrected chi connectivity index (χ2v) is 8.13. The molecule has 1 aliphatic carbocycles. The van der Waals surface area contributed by atoms with Gasteiger partial charge in [-0.2, -0.15) is 0 Å². The van der Waals surface area contributed by atoms with Crippen LogP contribution in [0.3, 0.4) is 0 Å². The second kappa shape index (κ2) is 13.2. The highest BCUT2D eigenvalue weighted by molar-refractivity contribution is 4.90. The van der Waals surface area contributed by atoms with Crippen molar-refractivity contribution in [2.24, 2.45) is 11.8 Å². The van der Waals surface area contributed by atoms with Crippen LogP contribution in [0.15, 0.2) is 0 Å². The van der Waals surface area contributed by atoms with E-state index < -0.39 is 0 Å². The molecule has 1 aliphatic rings. The van der Waals surface area contributed by atoms with E-state index in [1.54, 1.807) is 0 Å². The number of nitrogens with one attached hydrogen (secondary N) is 1. The van der Waals surface area contributed by atoms with Crippen LogP contribution in [-0.4, -0.2) is 54.8 Å². The number of nitrogens with zero attached hydrogens (tertiary/aromatic N) is 3. The summed E-state index contributed by atoms with van der Waals surface area (Å²) in [6, 6.07) is 0. The Balaban J connectivity index is 1.56. The third kappa shape index (κ3) is 8.23. The second-order valence-electron chi connectivity index (χ2n) is 8.13. The van der Waals surface area contributed by atoms with E-state index in [2.05, 4.69) is 20.6 Å². The van der Waals surface area contributed by atoms with Crippen LogP contribution in [0, 0.1) is 11.8 Å². The lowest BCUT2D eigenvalue weighted by Gasteiger charge is -2.23. The summed E-state index contributed by atoms with van der Waals surface area (Å²) in [7, 11) is 0. The molecule has 0 amide bonds. The van der Waals surface area contributed by atoms with Gasteiger partial charge in [-0.25, -0.2) is 5.10 Å². The summed E-state index contributed by atoms with van der Waals surface area (Å²) in [5.41, 5.74) is 0. The van der Waals surface area contributed by atoms with E-state index in [1.807, 2.05) is 0 Å². The molecule has 1 fully saturated rings. The Morgan fingerprint density at radius 2 is 1.33 bits per heavy atom. The van der Waals surface area contributed by atoms with E-state index in [-0.39, 0.29) is 24.0 Å². The first-order valence-electron chi connectivity index (χ1n) is 10.9. The summed E-state index contributed by atoms with van der Waals surface area (Å²) in [5.74, 6) is 1.37. The van der Waals surface area contributed by atoms with Gasteiger partial charge in [0.25, 0.3) is 0 Å². The molecule has 0 bridgehead atoms. The van der Waals surface area contributed by atoms with Crippen LogP contribution in [0.4, 0.5) is 0 Å². The number of aliphatic hydroxyl groups excluding tert-OH is 3. The molecule has 0 aromatic carbocycles. The minimum Gasteiger partial charge on any atom is -0.396 e. The van der Waals surface area contributed by atoms with E-state index >= 15 is 0 Å². The summed E-state index contributed by atoms with van der Waals surface area (Å²) >= 11 is 0. The van der Waals surface area contributed by atoms with Gasteiger partial charge in [0.2, 0.25) is 0 Å². The Bertz CT molecular complexity index is 472. The molecule has 7 nitrogen and oxygen atoms in total. The third-order valence-electron chi connectivity index (χ3n) is 6.06. The monoisotopic (exact) mass is 382 g/mol. The number of rotatable bonds is 15. The minimum atomic E-state index is -0.338. The van der Waals surface area contributed by atoms with Crippen molar-refractivity contribution in [3.8, 4) is 0 Å². The van der Waals surface area contributed by atoms with Crippen LogP contribution < -0.4 is 0 Å². The zero-order chi connectivity index (χ0) is 19.3. The van der Waals surface area contributed by atoms with E-state index in [4.69, 9.17) is 5.11 Å². The van der Waals surface area contributed by atoms with Crippen molar-refractivity contribution in [1.29, 1.82) is 0 Å². The molecule has 4 atom stereocenters. The fraction of sp³-hybridized carbons (Fsp3) is 0.950. The number of aryl methyl sites for hydroxylation is 1. The lowest BCUT2D eigenvalue weighted by Crippen LogP contribution is -2.22. The molecule has 0 saturated heterocycles. The van der Waals surface area contributed by atoms with Gasteiger partial charge in [-0.05, 0) is 54.4 Å². The van der Waals surface area contributed by atoms with Gasteiger partial charge >= 0.3 is 0 Å². The van der Waals surface area contributed by atoms with Crippen molar-refractivity contribution >= 4 is 0 Å². The predicted octanol–water partition coefficient (Wildman–Crippen LogP) is 2.77. The van der Waals surface area contributed by atoms with Gasteiger partial charge in [0.05, 0.1) is 12.2 Å². The molecule has 0 unspecified atom stereocenters. The van der Waals surface area contributed by atoms with Crippen molar-refractivity contribution in [1.82, 2.24) is 20.6 Å². The van der Waals surface area contributed by atoms with Crippen LogP contribution in [0.5, 0.6) is 0 Å². The summed E-state index contributed by atoms with van der Waals surface area (Å²) in [5, 5.41) is 43.3. The minimum absolute atomic E-state index is 0.257. The first-order valence-corrected chi connectivity index (χ1v) is 10.9. The number of aromatic nitrogens is 4. The van der Waals surface area contributed by atoms with Gasteiger partial charge in [-0.1, -0.05) is 51.4 Å². The zero-order valence-electron chi connectivity index (χ0n) is 16.6. The summed E-state index contributed by atoms with van der Waals surface area (Å²) in [6.45, 7) is 0.297. The number of hydrogen-bond acceptors (Lipinski definition) is 6. The molecule has 27 heavy (non-hydrogen) atoms. The average molecular weight is 383 g/mol. The predicted molar refractivity (Wildman–Crippen MR) is 104 cm³/mol. The number of hydrogen-bond donors (Lipinski definition) is 4. The normalized spacial score (nSPS) is 25.3. The Labute approximate surface area is 163 Å². The molecule has 7 heteroatoms. The van der Waals surface area contributed by atoms with Crippen molar-refractivity contribution < 1.29 is 15.3 Å². The molecule has 4 N–H and O–H groups in total. The van der Waals surface area contributed by atoms with E-state index in [1.165, 1.54) is 19.3 Å². The Kier molecular flexibility index (Phi) is 10.9. The first-order chi connectivity index (χ1) is 13.2. The SMILES string of the molecule is OCCCCCCCC[C@@H]1[C@H](CCCCCCc2nnn[nH]2)[C@H](O)C[C@@H]1O. The molecular formula is C20H38N4O3. The first kappa shape index (κ1) is 22.2. The highest BCUT2D eigenvalue weighted by Crippen LogP contribution is 2.39. The van der Waals surface area contributed by atoms with Crippen molar-refractivity contribution in [2.75, 3.05) is 6.61 Å². The molecule has 1 saturated carbocycles. The van der Waals surface area contributed by atoms with Crippen LogP contribution in [0.2, 0.25) is 0 Å². The quantitative estimate of drug-likeness (QED) is 0.347. The smallest absolute Gasteiger partial charge is 0.148 e. The molecule has 1 heterocycles. The maximum atomic E-state index is 10.3. The number of aromatic amines is 1. The molecular weight excluding hydrogens is 344 g/mol. The van der Waals surface area contributed by atoms with Gasteiger partial charge in [0.1, 0.15) is 5.82 Å². The van der Waals surface area contributed by atoms with Crippen molar-refractivity contribution in [2.45, 2.75) is 102 Å². The number of tetrazole rings is 1. The van der Waals surface area contributed by atoms with Crippen molar-refractivity contribution in [3.63, 3.8) is 0 Å². The highest BCUT2D eigenvalue weighted by Gasteiger charge is 2.40. The molecule has 0 aliphatic heterocycles. The molecule has 156 valence electrons. The molecule has 1 aromatic rings. The van der Waals surface area contributed by atoms with E-state index in [0.29, 0.717) is 13.0 Å². The molecule has 0 radical (unpaired) electrons. The Hall–Kier alpha value is -1.05. The molecule has 1 aromatic heterocycles. The zero-order valence-corrected chi connectivity index (χ0v) is 16.6.